The normalized spacial score (nSPS) is 18.1. The van der Waals surface area contributed by atoms with E-state index in [4.69, 9.17) is 36.4 Å². The summed E-state index contributed by atoms with van der Waals surface area (Å²) < 4.78 is 32.6. The number of carbonyl (C=O) groups excluding carboxylic acids is 5. The second-order valence-corrected chi connectivity index (χ2v) is 13.1. The summed E-state index contributed by atoms with van der Waals surface area (Å²) in [6.45, 7) is 2.54. The molecule has 3 atom stereocenters. The Morgan fingerprint density at radius 2 is 1.18 bits per heavy atom. The minimum atomic E-state index is -3.72. The Hall–Kier alpha value is -2.86. The molecular formula is C28H55N8O14P. The van der Waals surface area contributed by atoms with E-state index in [1.807, 2.05) is 0 Å². The Bertz CT molecular complexity index is 1080. The number of rotatable bonds is 29. The lowest BCUT2D eigenvalue weighted by Gasteiger charge is -2.29. The molecule has 0 aromatic heterocycles. The van der Waals surface area contributed by atoms with Crippen molar-refractivity contribution in [2.24, 2.45) is 23.6 Å². The fourth-order valence-corrected chi connectivity index (χ4v) is 5.48. The maximum absolute atomic E-state index is 13.6. The maximum Gasteiger partial charge on any atom is 0.325 e. The van der Waals surface area contributed by atoms with Crippen LogP contribution in [0.2, 0.25) is 0 Å². The van der Waals surface area contributed by atoms with Gasteiger partial charge in [-0.25, -0.2) is 17.7 Å². The largest absolute Gasteiger partial charge is 0.377 e. The molecule has 23 heteroatoms. The average molecular weight is 759 g/mol. The number of hydrogen-bond acceptors (Lipinski definition) is 16. The molecule has 51 heavy (non-hydrogen) atoms. The van der Waals surface area contributed by atoms with Crippen LogP contribution in [0.25, 0.3) is 0 Å². The Balaban J connectivity index is 2.98. The lowest BCUT2D eigenvalue weighted by molar-refractivity contribution is -0.140. The molecule has 0 spiro atoms. The van der Waals surface area contributed by atoms with Crippen LogP contribution in [0.4, 0.5) is 0 Å². The summed E-state index contributed by atoms with van der Waals surface area (Å²) in [4.78, 5) is 88.5. The van der Waals surface area contributed by atoms with E-state index in [0.717, 1.165) is 6.66 Å². The predicted octanol–water partition coefficient (Wildman–Crippen LogP) is -3.80. The Morgan fingerprint density at radius 3 is 1.67 bits per heavy atom. The van der Waals surface area contributed by atoms with Gasteiger partial charge in [-0.05, 0) is 32.1 Å². The van der Waals surface area contributed by atoms with E-state index in [-0.39, 0.29) is 105 Å². The monoisotopic (exact) mass is 758 g/mol. The molecule has 0 heterocycles. The number of hydrogen-bond donors (Lipinski definition) is 9. The van der Waals surface area contributed by atoms with Gasteiger partial charge in [0.2, 0.25) is 17.7 Å². The lowest BCUT2D eigenvalue weighted by Crippen LogP contribution is -2.60. The van der Waals surface area contributed by atoms with Gasteiger partial charge in [-0.1, -0.05) is 0 Å². The highest BCUT2D eigenvalue weighted by Gasteiger charge is 2.35. The van der Waals surface area contributed by atoms with E-state index in [1.165, 1.54) is 0 Å². The Kier molecular flexibility index (Phi) is 25.1. The van der Waals surface area contributed by atoms with Crippen LogP contribution in [0.3, 0.4) is 0 Å². The maximum atomic E-state index is 13.6. The van der Waals surface area contributed by atoms with E-state index in [2.05, 4.69) is 41.1 Å². The molecule has 12 N–H and O–H groups in total. The topological polar surface area (TPSA) is 325 Å². The first-order chi connectivity index (χ1) is 24.4. The minimum absolute atomic E-state index is 0.0357. The highest BCUT2D eigenvalue weighted by Crippen LogP contribution is 2.42. The summed E-state index contributed by atoms with van der Waals surface area (Å²) in [6.07, 6.45) is 0.296. The summed E-state index contributed by atoms with van der Waals surface area (Å²) in [5.74, 6) is 10.6. The van der Waals surface area contributed by atoms with Crippen LogP contribution >= 0.6 is 7.60 Å². The summed E-state index contributed by atoms with van der Waals surface area (Å²) >= 11 is 0. The van der Waals surface area contributed by atoms with Gasteiger partial charge in [0, 0.05) is 38.6 Å². The number of nitrogens with one attached hydrogen (secondary N) is 5. The second-order valence-electron chi connectivity index (χ2n) is 11.3. The van der Waals surface area contributed by atoms with E-state index in [0.29, 0.717) is 12.8 Å². The number of carbonyl (C=O) groups is 5. The van der Waals surface area contributed by atoms with Crippen LogP contribution in [-0.4, -0.2) is 138 Å². The first-order valence-electron chi connectivity index (χ1n) is 16.5. The molecule has 0 aromatic carbocycles. The molecule has 296 valence electrons. The van der Waals surface area contributed by atoms with Crippen molar-refractivity contribution in [2.45, 2.75) is 56.7 Å². The highest BCUT2D eigenvalue weighted by molar-refractivity contribution is 7.51. The second kappa shape index (κ2) is 27.7. The minimum Gasteiger partial charge on any atom is -0.377 e. The van der Waals surface area contributed by atoms with Crippen molar-refractivity contribution >= 4 is 37.1 Å². The van der Waals surface area contributed by atoms with Crippen molar-refractivity contribution in [3.63, 3.8) is 0 Å². The molecule has 0 bridgehead atoms. The van der Waals surface area contributed by atoms with Crippen molar-refractivity contribution in [1.29, 1.82) is 0 Å². The van der Waals surface area contributed by atoms with Gasteiger partial charge in [0.25, 0.3) is 11.8 Å². The van der Waals surface area contributed by atoms with Crippen LogP contribution in [0, 0.1) is 5.92 Å². The van der Waals surface area contributed by atoms with Crippen molar-refractivity contribution in [3.8, 4) is 0 Å². The number of ether oxygens (including phenoxy) is 3. The molecule has 1 aliphatic carbocycles. The fraction of sp³-hybridized carbons (Fsp3) is 0.821. The molecule has 1 rings (SSSR count). The van der Waals surface area contributed by atoms with Crippen LogP contribution in [0.1, 0.15) is 38.5 Å². The number of amides is 5. The Morgan fingerprint density at radius 1 is 0.686 bits per heavy atom. The lowest BCUT2D eigenvalue weighted by atomic mass is 9.86. The zero-order valence-electron chi connectivity index (χ0n) is 29.0. The van der Waals surface area contributed by atoms with Crippen LogP contribution in [-0.2, 0) is 61.8 Å². The molecule has 0 aliphatic heterocycles. The zero-order valence-corrected chi connectivity index (χ0v) is 29.9. The third-order valence-electron chi connectivity index (χ3n) is 7.19. The molecule has 0 aromatic rings. The third kappa shape index (κ3) is 22.6. The van der Waals surface area contributed by atoms with Gasteiger partial charge in [0.15, 0.2) is 6.04 Å². The van der Waals surface area contributed by atoms with Gasteiger partial charge < -0.3 is 64.7 Å². The quantitative estimate of drug-likeness (QED) is 0.0153. The summed E-state index contributed by atoms with van der Waals surface area (Å²) in [5, 5.41) is 12.7. The standard InChI is InChI=1S/C28H55N8O14P/c1-51(42,43)50-21-4-2-20(3-5-21)25(38)36-24(27(40)34-10-13-46-16-19-49-31)28(41)35-22(26(39)33-9-12-45-15-18-48-30)6-7-23(37)32-8-11-44-14-17-47-29/h20-22,24H,2-19,29-31H2,1H3,(H,32,37)(H,33,39)(H,34,40)(H,35,41)(H,36,38)(H,42,43). The van der Waals surface area contributed by atoms with Crippen molar-refractivity contribution < 1.29 is 66.7 Å². The summed E-state index contributed by atoms with van der Waals surface area (Å²) in [5.41, 5.74) is 0. The fourth-order valence-electron chi connectivity index (χ4n) is 4.71. The van der Waals surface area contributed by atoms with Gasteiger partial charge in [-0.15, -0.1) is 0 Å². The first-order valence-corrected chi connectivity index (χ1v) is 18.5. The first kappa shape index (κ1) is 46.2. The highest BCUT2D eigenvalue weighted by atomic mass is 31.2. The van der Waals surface area contributed by atoms with E-state index in [9.17, 15) is 33.4 Å². The third-order valence-corrected chi connectivity index (χ3v) is 7.88. The molecule has 0 saturated heterocycles. The molecule has 5 amide bonds. The Labute approximate surface area is 296 Å². The van der Waals surface area contributed by atoms with Crippen molar-refractivity contribution in [2.75, 3.05) is 85.8 Å². The molecular weight excluding hydrogens is 703 g/mol. The molecule has 1 saturated carbocycles. The summed E-state index contributed by atoms with van der Waals surface area (Å²) in [6, 6.07) is -3.07. The van der Waals surface area contributed by atoms with E-state index in [1.54, 1.807) is 0 Å². The summed E-state index contributed by atoms with van der Waals surface area (Å²) in [7, 11) is -3.72. The van der Waals surface area contributed by atoms with E-state index >= 15 is 0 Å². The number of nitrogens with two attached hydrogens (primary N) is 3. The molecule has 0 radical (unpaired) electrons. The zero-order chi connectivity index (χ0) is 37.9. The average Bonchev–Trinajstić information content (AvgIpc) is 3.09. The van der Waals surface area contributed by atoms with Gasteiger partial charge in [0.1, 0.15) is 6.04 Å². The smallest absolute Gasteiger partial charge is 0.325 e. The van der Waals surface area contributed by atoms with Gasteiger partial charge in [0.05, 0.1) is 65.6 Å². The van der Waals surface area contributed by atoms with Crippen LogP contribution in [0.5, 0.6) is 0 Å². The molecule has 1 aliphatic rings. The SMILES string of the molecule is CP(=O)(O)OC1CCC(C(=O)NC(C(=O)NCCOCCON)C(=O)NC(CCC(=O)NCCOCCON)C(=O)NCCOCCON)CC1. The van der Waals surface area contributed by atoms with Crippen LogP contribution < -0.4 is 44.3 Å². The van der Waals surface area contributed by atoms with Crippen molar-refractivity contribution in [3.05, 3.63) is 0 Å². The van der Waals surface area contributed by atoms with Crippen LogP contribution in [0.15, 0.2) is 0 Å². The molecule has 22 nitrogen and oxygen atoms in total. The molecule has 1 fully saturated rings. The van der Waals surface area contributed by atoms with Gasteiger partial charge in [-0.3, -0.25) is 28.5 Å². The van der Waals surface area contributed by atoms with Crippen molar-refractivity contribution in [1.82, 2.24) is 26.6 Å². The molecule has 3 unspecified atom stereocenters. The van der Waals surface area contributed by atoms with Gasteiger partial charge >= 0.3 is 7.60 Å². The predicted molar refractivity (Wildman–Crippen MR) is 178 cm³/mol. The van der Waals surface area contributed by atoms with Gasteiger partial charge in [-0.2, -0.15) is 0 Å². The van der Waals surface area contributed by atoms with E-state index < -0.39 is 61.2 Å².